The molecule has 2 rings (SSSR count). The minimum absolute atomic E-state index is 0.0897. The van der Waals surface area contributed by atoms with E-state index in [0.717, 1.165) is 0 Å². The van der Waals surface area contributed by atoms with E-state index in [0.29, 0.717) is 22.0 Å². The third kappa shape index (κ3) is 3.91. The summed E-state index contributed by atoms with van der Waals surface area (Å²) in [7, 11) is 0. The van der Waals surface area contributed by atoms with Gasteiger partial charge in [-0.1, -0.05) is 11.6 Å². The van der Waals surface area contributed by atoms with Crippen LogP contribution in [0.1, 0.15) is 5.56 Å². The van der Waals surface area contributed by atoms with Crippen LogP contribution in [0.2, 0.25) is 5.02 Å². The number of nitro groups is 1. The fourth-order valence-corrected chi connectivity index (χ4v) is 2.03. The standard InChI is InChI=1S/C14H9ClN4O2S/c15-12-6-5-11(19(20)21)7-13(12)18-14(22)17-10-3-1-9(8-16)2-4-10/h1-7H,(H2,17,18,22). The van der Waals surface area contributed by atoms with Gasteiger partial charge in [-0.2, -0.15) is 5.26 Å². The van der Waals surface area contributed by atoms with Gasteiger partial charge in [-0.3, -0.25) is 10.1 Å². The number of benzene rings is 2. The van der Waals surface area contributed by atoms with E-state index in [2.05, 4.69) is 10.6 Å². The van der Waals surface area contributed by atoms with E-state index in [4.69, 9.17) is 29.1 Å². The first-order valence-electron chi connectivity index (χ1n) is 6.01. The van der Waals surface area contributed by atoms with Crippen molar-refractivity contribution in [3.63, 3.8) is 0 Å². The van der Waals surface area contributed by atoms with Gasteiger partial charge in [0.05, 0.1) is 27.3 Å². The summed E-state index contributed by atoms with van der Waals surface area (Å²) in [4.78, 5) is 10.2. The van der Waals surface area contributed by atoms with Crippen molar-refractivity contribution in [2.45, 2.75) is 0 Å². The monoisotopic (exact) mass is 332 g/mol. The van der Waals surface area contributed by atoms with E-state index in [1.807, 2.05) is 6.07 Å². The van der Waals surface area contributed by atoms with Crippen LogP contribution in [0.25, 0.3) is 0 Å². The smallest absolute Gasteiger partial charge is 0.271 e. The van der Waals surface area contributed by atoms with Gasteiger partial charge in [-0.25, -0.2) is 0 Å². The second kappa shape index (κ2) is 6.85. The number of nitriles is 1. The van der Waals surface area contributed by atoms with Gasteiger partial charge in [0.15, 0.2) is 5.11 Å². The summed E-state index contributed by atoms with van der Waals surface area (Å²) in [5.74, 6) is 0. The Kier molecular flexibility index (Phi) is 4.88. The number of halogens is 1. The first-order chi connectivity index (χ1) is 10.5. The summed E-state index contributed by atoms with van der Waals surface area (Å²) in [6, 6.07) is 12.7. The van der Waals surface area contributed by atoms with Gasteiger partial charge in [-0.05, 0) is 42.5 Å². The Morgan fingerprint density at radius 2 is 1.91 bits per heavy atom. The van der Waals surface area contributed by atoms with E-state index in [1.54, 1.807) is 24.3 Å². The maximum atomic E-state index is 10.8. The normalized spacial score (nSPS) is 9.64. The Morgan fingerprint density at radius 1 is 1.23 bits per heavy atom. The average Bonchev–Trinajstić information content (AvgIpc) is 2.50. The van der Waals surface area contributed by atoms with Gasteiger partial charge in [-0.15, -0.1) is 0 Å². The third-order valence-electron chi connectivity index (χ3n) is 2.68. The molecule has 8 heteroatoms. The molecule has 0 radical (unpaired) electrons. The molecular weight excluding hydrogens is 324 g/mol. The lowest BCUT2D eigenvalue weighted by Crippen LogP contribution is -2.19. The van der Waals surface area contributed by atoms with Gasteiger partial charge < -0.3 is 10.6 Å². The summed E-state index contributed by atoms with van der Waals surface area (Å²) < 4.78 is 0. The van der Waals surface area contributed by atoms with E-state index < -0.39 is 4.92 Å². The molecule has 0 atom stereocenters. The molecule has 0 saturated heterocycles. The molecule has 2 aromatic rings. The van der Waals surface area contributed by atoms with Crippen LogP contribution in [0.15, 0.2) is 42.5 Å². The minimum atomic E-state index is -0.515. The van der Waals surface area contributed by atoms with E-state index >= 15 is 0 Å². The molecule has 0 unspecified atom stereocenters. The first-order valence-corrected chi connectivity index (χ1v) is 6.80. The Hall–Kier alpha value is -2.69. The molecule has 0 aliphatic heterocycles. The molecule has 0 spiro atoms. The van der Waals surface area contributed by atoms with Gasteiger partial charge >= 0.3 is 0 Å². The van der Waals surface area contributed by atoms with Gasteiger partial charge in [0.25, 0.3) is 5.69 Å². The summed E-state index contributed by atoms with van der Waals surface area (Å²) in [6.07, 6.45) is 0. The maximum Gasteiger partial charge on any atom is 0.271 e. The molecule has 0 bridgehead atoms. The summed E-state index contributed by atoms with van der Waals surface area (Å²) in [5.41, 5.74) is 1.46. The van der Waals surface area contributed by atoms with Gasteiger partial charge in [0, 0.05) is 17.8 Å². The quantitative estimate of drug-likeness (QED) is 0.502. The largest absolute Gasteiger partial charge is 0.332 e. The van der Waals surface area contributed by atoms with Crippen LogP contribution in [-0.2, 0) is 0 Å². The lowest BCUT2D eigenvalue weighted by Gasteiger charge is -2.11. The molecule has 2 N–H and O–H groups in total. The fraction of sp³-hybridized carbons (Fsp3) is 0. The van der Waals surface area contributed by atoms with Crippen molar-refractivity contribution in [3.8, 4) is 6.07 Å². The molecule has 0 aliphatic carbocycles. The number of nitrogens with zero attached hydrogens (tertiary/aromatic N) is 2. The number of anilines is 2. The first kappa shape index (κ1) is 15.7. The lowest BCUT2D eigenvalue weighted by molar-refractivity contribution is -0.384. The molecule has 0 aromatic heterocycles. The molecule has 0 heterocycles. The van der Waals surface area contributed by atoms with E-state index in [1.165, 1.54) is 18.2 Å². The van der Waals surface area contributed by atoms with Crippen LogP contribution >= 0.6 is 23.8 Å². The van der Waals surface area contributed by atoms with Crippen molar-refractivity contribution >= 4 is 46.0 Å². The highest BCUT2D eigenvalue weighted by molar-refractivity contribution is 7.80. The molecule has 0 aliphatic rings. The maximum absolute atomic E-state index is 10.8. The predicted molar refractivity (Wildman–Crippen MR) is 89.1 cm³/mol. The topological polar surface area (TPSA) is 91.0 Å². The van der Waals surface area contributed by atoms with Gasteiger partial charge in [0.1, 0.15) is 0 Å². The Morgan fingerprint density at radius 3 is 2.50 bits per heavy atom. The molecule has 6 nitrogen and oxygen atoms in total. The highest BCUT2D eigenvalue weighted by Crippen LogP contribution is 2.26. The number of nitro benzene ring substituents is 1. The lowest BCUT2D eigenvalue weighted by atomic mass is 10.2. The van der Waals surface area contributed by atoms with E-state index in [9.17, 15) is 10.1 Å². The second-order valence-electron chi connectivity index (χ2n) is 4.19. The van der Waals surface area contributed by atoms with Crippen molar-refractivity contribution in [1.82, 2.24) is 0 Å². The van der Waals surface area contributed by atoms with Crippen molar-refractivity contribution in [3.05, 3.63) is 63.2 Å². The number of nitrogens with one attached hydrogen (secondary N) is 2. The zero-order chi connectivity index (χ0) is 16.1. The summed E-state index contributed by atoms with van der Waals surface area (Å²) >= 11 is 11.1. The number of thiocarbonyl (C=S) groups is 1. The average molecular weight is 333 g/mol. The van der Waals surface area contributed by atoms with Crippen LogP contribution in [0.5, 0.6) is 0 Å². The Balaban J connectivity index is 2.10. The van der Waals surface area contributed by atoms with Gasteiger partial charge in [0.2, 0.25) is 0 Å². The van der Waals surface area contributed by atoms with Crippen LogP contribution in [0.3, 0.4) is 0 Å². The summed E-state index contributed by atoms with van der Waals surface area (Å²) in [5, 5.41) is 25.7. The Bertz CT molecular complexity index is 771. The van der Waals surface area contributed by atoms with Crippen molar-refractivity contribution in [1.29, 1.82) is 5.26 Å². The number of rotatable bonds is 3. The molecule has 0 saturated carbocycles. The highest BCUT2D eigenvalue weighted by Gasteiger charge is 2.10. The summed E-state index contributed by atoms with van der Waals surface area (Å²) in [6.45, 7) is 0. The molecule has 0 fully saturated rings. The molecule has 2 aromatic carbocycles. The molecule has 110 valence electrons. The highest BCUT2D eigenvalue weighted by atomic mass is 35.5. The third-order valence-corrected chi connectivity index (χ3v) is 3.21. The van der Waals surface area contributed by atoms with Crippen LogP contribution in [-0.4, -0.2) is 10.0 Å². The zero-order valence-electron chi connectivity index (χ0n) is 11.0. The molecule has 22 heavy (non-hydrogen) atoms. The second-order valence-corrected chi connectivity index (χ2v) is 5.00. The van der Waals surface area contributed by atoms with Crippen molar-refractivity contribution in [2.75, 3.05) is 10.6 Å². The van der Waals surface area contributed by atoms with E-state index in [-0.39, 0.29) is 10.8 Å². The zero-order valence-corrected chi connectivity index (χ0v) is 12.6. The number of non-ortho nitro benzene ring substituents is 1. The SMILES string of the molecule is N#Cc1ccc(NC(=S)Nc2cc([N+](=O)[O-])ccc2Cl)cc1. The fourth-order valence-electron chi connectivity index (χ4n) is 1.64. The van der Waals surface area contributed by atoms with Crippen LogP contribution in [0, 0.1) is 21.4 Å². The molecule has 0 amide bonds. The van der Waals surface area contributed by atoms with Crippen LogP contribution in [0.4, 0.5) is 17.1 Å². The Labute approximate surface area is 136 Å². The predicted octanol–water partition coefficient (Wildman–Crippen LogP) is 3.93. The molecular formula is C14H9ClN4O2S. The van der Waals surface area contributed by atoms with Crippen molar-refractivity contribution in [2.24, 2.45) is 0 Å². The number of hydrogen-bond acceptors (Lipinski definition) is 4. The van der Waals surface area contributed by atoms with Crippen LogP contribution < -0.4 is 10.6 Å². The van der Waals surface area contributed by atoms with Crippen molar-refractivity contribution < 1.29 is 4.92 Å². The number of hydrogen-bond donors (Lipinski definition) is 2. The minimum Gasteiger partial charge on any atom is -0.332 e.